The van der Waals surface area contributed by atoms with Crippen LogP contribution in [0.3, 0.4) is 0 Å². The number of rotatable bonds is 5. The molecule has 1 aliphatic rings. The summed E-state index contributed by atoms with van der Waals surface area (Å²) < 4.78 is 5.41. The van der Waals surface area contributed by atoms with Crippen LogP contribution in [0.4, 0.5) is 11.4 Å². The van der Waals surface area contributed by atoms with Crippen molar-refractivity contribution in [2.24, 2.45) is 5.92 Å². The molecule has 23 heavy (non-hydrogen) atoms. The fourth-order valence-corrected chi connectivity index (χ4v) is 3.47. The van der Waals surface area contributed by atoms with Crippen LogP contribution in [0.2, 0.25) is 0 Å². The van der Waals surface area contributed by atoms with Crippen molar-refractivity contribution < 1.29 is 19.2 Å². The molecule has 0 bridgehead atoms. The van der Waals surface area contributed by atoms with Gasteiger partial charge in [0.15, 0.2) is 0 Å². The molecule has 124 valence electrons. The molecular weight excluding hydrogens is 368 g/mol. The van der Waals surface area contributed by atoms with Crippen LogP contribution in [0.15, 0.2) is 10.5 Å². The Hall–Kier alpha value is -1.96. The summed E-state index contributed by atoms with van der Waals surface area (Å²) >= 11 is 3.28. The van der Waals surface area contributed by atoms with E-state index in [4.69, 9.17) is 4.74 Å². The monoisotopic (exact) mass is 384 g/mol. The zero-order valence-electron chi connectivity index (χ0n) is 12.8. The van der Waals surface area contributed by atoms with Gasteiger partial charge in [0.25, 0.3) is 5.69 Å². The van der Waals surface area contributed by atoms with Gasteiger partial charge in [-0.15, -0.1) is 0 Å². The van der Waals surface area contributed by atoms with E-state index in [2.05, 4.69) is 21.2 Å². The summed E-state index contributed by atoms with van der Waals surface area (Å²) in [5, 5.41) is 14.0. The number of anilines is 1. The van der Waals surface area contributed by atoms with Crippen molar-refractivity contribution in [2.75, 3.05) is 11.9 Å². The number of amides is 1. The number of hydrogen-bond donors (Lipinski definition) is 1. The summed E-state index contributed by atoms with van der Waals surface area (Å²) in [7, 11) is 0. The maximum Gasteiger partial charge on any atom is 0.306 e. The third-order valence-electron chi connectivity index (χ3n) is 3.70. The van der Waals surface area contributed by atoms with Gasteiger partial charge in [-0.1, -0.05) is 0 Å². The van der Waals surface area contributed by atoms with Gasteiger partial charge in [0.05, 0.1) is 11.5 Å². The van der Waals surface area contributed by atoms with Crippen LogP contribution in [0.5, 0.6) is 0 Å². The first-order valence-corrected chi connectivity index (χ1v) is 8.04. The van der Waals surface area contributed by atoms with Crippen LogP contribution in [0, 0.1) is 16.0 Å². The van der Waals surface area contributed by atoms with Crippen LogP contribution in [0.1, 0.15) is 31.4 Å². The van der Waals surface area contributed by atoms with Crippen LogP contribution < -0.4 is 5.32 Å². The number of fused-ring (bicyclic) bond motifs is 1. The van der Waals surface area contributed by atoms with Gasteiger partial charge in [0.2, 0.25) is 5.91 Å². The number of halogens is 1. The number of nitrogens with zero attached hydrogens (tertiary/aromatic N) is 1. The van der Waals surface area contributed by atoms with Crippen molar-refractivity contribution in [1.29, 1.82) is 0 Å². The highest BCUT2D eigenvalue weighted by Crippen LogP contribution is 2.43. The first-order chi connectivity index (χ1) is 10.8. The maximum absolute atomic E-state index is 11.6. The summed E-state index contributed by atoms with van der Waals surface area (Å²) in [6, 6.07) is 1.78. The van der Waals surface area contributed by atoms with Crippen molar-refractivity contribution >= 4 is 39.2 Å². The highest BCUT2D eigenvalue weighted by Gasteiger charge is 2.34. The van der Waals surface area contributed by atoms with Crippen LogP contribution in [-0.2, 0) is 27.2 Å². The highest BCUT2D eigenvalue weighted by atomic mass is 79.9. The number of nitro groups is 1. The molecule has 0 saturated carbocycles. The Kier molecular flexibility index (Phi) is 5.35. The molecule has 2 rings (SSSR count). The van der Waals surface area contributed by atoms with Gasteiger partial charge >= 0.3 is 5.97 Å². The molecule has 0 aromatic heterocycles. The lowest BCUT2D eigenvalue weighted by Gasteiger charge is -2.10. The van der Waals surface area contributed by atoms with E-state index in [0.29, 0.717) is 29.5 Å². The molecule has 7 nitrogen and oxygen atoms in total. The van der Waals surface area contributed by atoms with Gasteiger partial charge in [0.1, 0.15) is 5.69 Å². The molecule has 1 unspecified atom stereocenters. The van der Waals surface area contributed by atoms with Crippen molar-refractivity contribution in [3.05, 3.63) is 31.8 Å². The van der Waals surface area contributed by atoms with E-state index in [1.54, 1.807) is 13.0 Å². The zero-order valence-corrected chi connectivity index (χ0v) is 14.4. The van der Waals surface area contributed by atoms with Crippen molar-refractivity contribution in [2.45, 2.75) is 33.1 Å². The summed E-state index contributed by atoms with van der Waals surface area (Å²) in [4.78, 5) is 33.9. The molecular formula is C15H17BrN2O5. The Balaban J connectivity index is 2.35. The lowest BCUT2D eigenvalue weighted by atomic mass is 10.0. The lowest BCUT2D eigenvalue weighted by molar-refractivity contribution is -0.384. The molecule has 1 aromatic carbocycles. The molecule has 8 heteroatoms. The second kappa shape index (κ2) is 7.08. The first kappa shape index (κ1) is 17.4. The van der Waals surface area contributed by atoms with Crippen molar-refractivity contribution in [1.82, 2.24) is 0 Å². The van der Waals surface area contributed by atoms with Gasteiger partial charge in [-0.3, -0.25) is 19.7 Å². The van der Waals surface area contributed by atoms with Gasteiger partial charge < -0.3 is 10.1 Å². The van der Waals surface area contributed by atoms with E-state index in [1.165, 1.54) is 6.92 Å². The molecule has 0 heterocycles. The Bertz CT molecular complexity index is 674. The minimum absolute atomic E-state index is 0.0257. The van der Waals surface area contributed by atoms with Crippen LogP contribution in [-0.4, -0.2) is 23.4 Å². The van der Waals surface area contributed by atoms with E-state index < -0.39 is 4.92 Å². The average Bonchev–Trinajstić information content (AvgIpc) is 2.80. The fourth-order valence-electron chi connectivity index (χ4n) is 2.91. The van der Waals surface area contributed by atoms with Gasteiger partial charge in [0, 0.05) is 23.4 Å². The predicted octanol–water partition coefficient (Wildman–Crippen LogP) is 2.98. The predicted molar refractivity (Wildman–Crippen MR) is 87.2 cm³/mol. The Morgan fingerprint density at radius 1 is 1.48 bits per heavy atom. The second-order valence-corrected chi connectivity index (χ2v) is 6.30. The lowest BCUT2D eigenvalue weighted by Crippen LogP contribution is -2.12. The van der Waals surface area contributed by atoms with E-state index in [-0.39, 0.29) is 35.6 Å². The fraction of sp³-hybridized carbons (Fsp3) is 0.467. The topological polar surface area (TPSA) is 98.5 Å². The first-order valence-electron chi connectivity index (χ1n) is 7.25. The Morgan fingerprint density at radius 2 is 2.17 bits per heavy atom. The molecule has 1 amide bonds. The molecule has 0 fully saturated rings. The molecule has 0 spiro atoms. The quantitative estimate of drug-likeness (QED) is 0.477. The van der Waals surface area contributed by atoms with Crippen LogP contribution in [0.25, 0.3) is 0 Å². The molecule has 1 atom stereocenters. The largest absolute Gasteiger partial charge is 0.466 e. The third-order valence-corrected chi connectivity index (χ3v) is 4.32. The number of hydrogen-bond acceptors (Lipinski definition) is 5. The average molecular weight is 385 g/mol. The Labute approximate surface area is 141 Å². The number of carbonyl (C=O) groups excluding carboxylic acids is 2. The number of benzene rings is 1. The molecule has 1 aliphatic carbocycles. The summed E-state index contributed by atoms with van der Waals surface area (Å²) in [6.07, 6.45) is 1.23. The maximum atomic E-state index is 11.6. The summed E-state index contributed by atoms with van der Waals surface area (Å²) in [6.45, 7) is 3.35. The minimum atomic E-state index is -0.485. The van der Waals surface area contributed by atoms with Gasteiger partial charge in [-0.25, -0.2) is 0 Å². The molecule has 1 aromatic rings. The number of ether oxygens (including phenoxy) is 1. The van der Waals surface area contributed by atoms with Crippen molar-refractivity contribution in [3.63, 3.8) is 0 Å². The minimum Gasteiger partial charge on any atom is -0.466 e. The summed E-state index contributed by atoms with van der Waals surface area (Å²) in [5.41, 5.74) is 1.47. The number of nitrogens with one attached hydrogen (secondary N) is 1. The molecule has 0 radical (unpaired) electrons. The molecule has 0 aliphatic heterocycles. The molecule has 1 N–H and O–H groups in total. The van der Waals surface area contributed by atoms with Gasteiger partial charge in [-0.05, 0) is 53.2 Å². The van der Waals surface area contributed by atoms with E-state index in [0.717, 1.165) is 5.56 Å². The number of nitro benzene ring substituents is 1. The number of esters is 1. The Morgan fingerprint density at radius 3 is 2.74 bits per heavy atom. The van der Waals surface area contributed by atoms with Crippen molar-refractivity contribution in [3.8, 4) is 0 Å². The van der Waals surface area contributed by atoms with E-state index >= 15 is 0 Å². The SMILES string of the molecule is CCOC(=O)CC1Cc2cc(Br)c(NC(C)=O)c([N+](=O)[O-])c2C1. The summed E-state index contributed by atoms with van der Waals surface area (Å²) in [5.74, 6) is -0.703. The van der Waals surface area contributed by atoms with E-state index in [1.807, 2.05) is 0 Å². The van der Waals surface area contributed by atoms with E-state index in [9.17, 15) is 19.7 Å². The smallest absolute Gasteiger partial charge is 0.306 e. The standard InChI is InChI=1S/C15H17BrN2O5/c1-3-23-13(20)6-9-4-10-7-12(16)14(17-8(2)19)15(18(21)22)11(10)5-9/h7,9H,3-6H2,1-2H3,(H,17,19). The number of carbonyl (C=O) groups is 2. The van der Waals surface area contributed by atoms with Gasteiger partial charge in [-0.2, -0.15) is 0 Å². The highest BCUT2D eigenvalue weighted by molar-refractivity contribution is 9.10. The molecule has 0 saturated heterocycles. The zero-order chi connectivity index (χ0) is 17.1. The normalized spacial score (nSPS) is 15.9. The third kappa shape index (κ3) is 3.87. The van der Waals surface area contributed by atoms with Crippen LogP contribution >= 0.6 is 15.9 Å². The second-order valence-electron chi connectivity index (χ2n) is 5.44.